The molecule has 0 aliphatic heterocycles. The fourth-order valence-electron chi connectivity index (χ4n) is 2.65. The van der Waals surface area contributed by atoms with Gasteiger partial charge in [-0.15, -0.1) is 0 Å². The first-order valence-corrected chi connectivity index (χ1v) is 7.91. The van der Waals surface area contributed by atoms with Crippen molar-refractivity contribution in [2.45, 2.75) is 34.1 Å². The van der Waals surface area contributed by atoms with Gasteiger partial charge in [0.15, 0.2) is 5.69 Å². The van der Waals surface area contributed by atoms with Crippen molar-refractivity contribution in [1.82, 2.24) is 15.1 Å². The van der Waals surface area contributed by atoms with E-state index >= 15 is 0 Å². The Morgan fingerprint density at radius 1 is 1.17 bits per heavy atom. The third-order valence-corrected chi connectivity index (χ3v) is 3.71. The van der Waals surface area contributed by atoms with Crippen molar-refractivity contribution in [3.8, 4) is 5.69 Å². The van der Waals surface area contributed by atoms with Crippen LogP contribution < -0.4 is 5.32 Å². The fourth-order valence-corrected chi connectivity index (χ4v) is 2.65. The Hall–Kier alpha value is -2.63. The Morgan fingerprint density at radius 2 is 1.79 bits per heavy atom. The van der Waals surface area contributed by atoms with Crippen LogP contribution in [0.4, 0.5) is 0 Å². The van der Waals surface area contributed by atoms with Crippen LogP contribution in [0, 0.1) is 26.7 Å². The molecule has 2 rings (SSSR count). The Kier molecular flexibility index (Phi) is 5.39. The van der Waals surface area contributed by atoms with Crippen molar-refractivity contribution in [3.05, 3.63) is 46.8 Å². The highest BCUT2D eigenvalue weighted by atomic mass is 16.4. The largest absolute Gasteiger partial charge is 0.481 e. The second kappa shape index (κ2) is 7.29. The molecule has 0 bridgehead atoms. The molecule has 1 unspecified atom stereocenters. The molecule has 1 atom stereocenters. The zero-order chi connectivity index (χ0) is 17.9. The number of nitrogens with one attached hydrogen (secondary N) is 1. The van der Waals surface area contributed by atoms with E-state index in [0.717, 1.165) is 22.5 Å². The van der Waals surface area contributed by atoms with Crippen LogP contribution in [-0.2, 0) is 4.79 Å². The quantitative estimate of drug-likeness (QED) is 0.853. The van der Waals surface area contributed by atoms with E-state index in [-0.39, 0.29) is 18.2 Å². The summed E-state index contributed by atoms with van der Waals surface area (Å²) in [4.78, 5) is 22.9. The molecule has 0 spiro atoms. The molecular formula is C18H23N3O3. The first kappa shape index (κ1) is 17.7. The van der Waals surface area contributed by atoms with Gasteiger partial charge < -0.3 is 10.4 Å². The van der Waals surface area contributed by atoms with Crippen LogP contribution in [-0.4, -0.2) is 33.3 Å². The minimum absolute atomic E-state index is 0.0241. The highest BCUT2D eigenvalue weighted by Crippen LogP contribution is 2.16. The number of nitrogens with zero attached hydrogens (tertiary/aromatic N) is 2. The summed E-state index contributed by atoms with van der Waals surface area (Å²) in [7, 11) is 0. The number of carboxylic acids is 1. The summed E-state index contributed by atoms with van der Waals surface area (Å²) in [6.07, 6.45) is 0.0241. The molecule has 0 radical (unpaired) electrons. The van der Waals surface area contributed by atoms with Gasteiger partial charge in [0.25, 0.3) is 5.91 Å². The number of amides is 1. The summed E-state index contributed by atoms with van der Waals surface area (Å²) in [6, 6.07) is 7.85. The van der Waals surface area contributed by atoms with Gasteiger partial charge >= 0.3 is 5.97 Å². The molecule has 2 N–H and O–H groups in total. The van der Waals surface area contributed by atoms with Crippen molar-refractivity contribution < 1.29 is 14.7 Å². The molecule has 0 fully saturated rings. The van der Waals surface area contributed by atoms with E-state index in [4.69, 9.17) is 5.11 Å². The van der Waals surface area contributed by atoms with Gasteiger partial charge in [-0.05, 0) is 56.0 Å². The second-order valence-corrected chi connectivity index (χ2v) is 6.34. The van der Waals surface area contributed by atoms with E-state index in [1.807, 2.05) is 32.9 Å². The first-order valence-electron chi connectivity index (χ1n) is 7.91. The second-order valence-electron chi connectivity index (χ2n) is 6.34. The minimum atomic E-state index is -0.869. The summed E-state index contributed by atoms with van der Waals surface area (Å²) < 4.78 is 1.75. The zero-order valence-electron chi connectivity index (χ0n) is 14.5. The van der Waals surface area contributed by atoms with Gasteiger partial charge in [0.05, 0.1) is 5.69 Å². The normalized spacial score (nSPS) is 12.0. The molecule has 0 saturated heterocycles. The molecular weight excluding hydrogens is 306 g/mol. The van der Waals surface area contributed by atoms with Gasteiger partial charge in [-0.1, -0.05) is 13.0 Å². The van der Waals surface area contributed by atoms with Crippen molar-refractivity contribution in [2.24, 2.45) is 5.92 Å². The smallest absolute Gasteiger partial charge is 0.303 e. The summed E-state index contributed by atoms with van der Waals surface area (Å²) in [5.41, 5.74) is 4.38. The molecule has 1 aromatic carbocycles. The Balaban J connectivity index is 2.13. The average molecular weight is 329 g/mol. The van der Waals surface area contributed by atoms with Crippen molar-refractivity contribution in [3.63, 3.8) is 0 Å². The van der Waals surface area contributed by atoms with E-state index < -0.39 is 5.97 Å². The van der Waals surface area contributed by atoms with Crippen molar-refractivity contribution in [2.75, 3.05) is 6.54 Å². The molecule has 2 aromatic rings. The van der Waals surface area contributed by atoms with Crippen LogP contribution >= 0.6 is 0 Å². The van der Waals surface area contributed by atoms with E-state index in [2.05, 4.69) is 16.5 Å². The molecule has 24 heavy (non-hydrogen) atoms. The summed E-state index contributed by atoms with van der Waals surface area (Å²) in [5.74, 6) is -1.29. The van der Waals surface area contributed by atoms with Crippen LogP contribution in [0.5, 0.6) is 0 Å². The Morgan fingerprint density at radius 3 is 2.38 bits per heavy atom. The van der Waals surface area contributed by atoms with Gasteiger partial charge in [-0.25, -0.2) is 4.68 Å². The van der Waals surface area contributed by atoms with Crippen LogP contribution in [0.15, 0.2) is 24.3 Å². The predicted octanol–water partition coefficient (Wildman–Crippen LogP) is 2.64. The minimum Gasteiger partial charge on any atom is -0.481 e. The summed E-state index contributed by atoms with van der Waals surface area (Å²) >= 11 is 0. The number of aromatic nitrogens is 2. The van der Waals surface area contributed by atoms with Crippen LogP contribution in [0.25, 0.3) is 5.69 Å². The molecule has 0 aliphatic carbocycles. The Bertz CT molecular complexity index is 745. The van der Waals surface area contributed by atoms with E-state index in [1.165, 1.54) is 0 Å². The number of hydrogen-bond donors (Lipinski definition) is 2. The SMILES string of the molecule is Cc1cc(C)cc(-n2nc(C(=O)NCC(C)CC(=O)O)cc2C)c1. The van der Waals surface area contributed by atoms with Gasteiger partial charge in [0.1, 0.15) is 0 Å². The third-order valence-electron chi connectivity index (χ3n) is 3.71. The zero-order valence-corrected chi connectivity index (χ0v) is 14.5. The number of rotatable bonds is 6. The Labute approximate surface area is 141 Å². The predicted molar refractivity (Wildman–Crippen MR) is 91.5 cm³/mol. The van der Waals surface area contributed by atoms with Crippen LogP contribution in [0.3, 0.4) is 0 Å². The maximum atomic E-state index is 12.2. The highest BCUT2D eigenvalue weighted by Gasteiger charge is 2.15. The van der Waals surface area contributed by atoms with Crippen LogP contribution in [0.1, 0.15) is 40.7 Å². The number of carbonyl (C=O) groups is 2. The average Bonchev–Trinajstić information content (AvgIpc) is 2.85. The van der Waals surface area contributed by atoms with Gasteiger partial charge in [-0.2, -0.15) is 5.10 Å². The molecule has 0 aliphatic rings. The highest BCUT2D eigenvalue weighted by molar-refractivity contribution is 5.92. The van der Waals surface area contributed by atoms with E-state index in [1.54, 1.807) is 17.7 Å². The monoisotopic (exact) mass is 329 g/mol. The number of hydrogen-bond acceptors (Lipinski definition) is 3. The lowest BCUT2D eigenvalue weighted by Gasteiger charge is -2.09. The third kappa shape index (κ3) is 4.44. The topological polar surface area (TPSA) is 84.2 Å². The molecule has 1 heterocycles. The van der Waals surface area contributed by atoms with Gasteiger partial charge in [-0.3, -0.25) is 9.59 Å². The molecule has 1 aromatic heterocycles. The number of carbonyl (C=O) groups excluding carboxylic acids is 1. The van der Waals surface area contributed by atoms with Crippen molar-refractivity contribution in [1.29, 1.82) is 0 Å². The lowest BCUT2D eigenvalue weighted by molar-refractivity contribution is -0.137. The standard InChI is InChI=1S/C18H23N3O3/c1-11-5-12(2)7-15(6-11)21-14(4)9-16(20-21)18(24)19-10-13(3)8-17(22)23/h5-7,9,13H,8,10H2,1-4H3,(H,19,24)(H,22,23). The lowest BCUT2D eigenvalue weighted by Crippen LogP contribution is -2.29. The molecule has 6 heteroatoms. The van der Waals surface area contributed by atoms with E-state index in [0.29, 0.717) is 12.2 Å². The number of carboxylic acid groups (broad SMARTS) is 1. The van der Waals surface area contributed by atoms with E-state index in [9.17, 15) is 9.59 Å². The molecule has 0 saturated carbocycles. The number of benzene rings is 1. The molecule has 1 amide bonds. The summed E-state index contributed by atoms with van der Waals surface area (Å²) in [5, 5.41) is 15.9. The maximum Gasteiger partial charge on any atom is 0.303 e. The lowest BCUT2D eigenvalue weighted by atomic mass is 10.1. The van der Waals surface area contributed by atoms with Gasteiger partial charge in [0, 0.05) is 18.7 Å². The first-order chi connectivity index (χ1) is 11.3. The van der Waals surface area contributed by atoms with Gasteiger partial charge in [0.2, 0.25) is 0 Å². The van der Waals surface area contributed by atoms with Crippen molar-refractivity contribution >= 4 is 11.9 Å². The van der Waals surface area contributed by atoms with Crippen LogP contribution in [0.2, 0.25) is 0 Å². The fraction of sp³-hybridized carbons (Fsp3) is 0.389. The maximum absolute atomic E-state index is 12.2. The molecule has 128 valence electrons. The number of aliphatic carboxylic acids is 1. The number of aryl methyl sites for hydroxylation is 3. The molecule has 6 nitrogen and oxygen atoms in total. The summed E-state index contributed by atoms with van der Waals surface area (Å²) in [6.45, 7) is 8.03.